The number of nitrogens with zero attached hydrogens (tertiary/aromatic N) is 5. The van der Waals surface area contributed by atoms with Crippen LogP contribution in [0, 0.1) is 6.92 Å². The van der Waals surface area contributed by atoms with Gasteiger partial charge in [0.05, 0.1) is 32.1 Å². The van der Waals surface area contributed by atoms with Crippen LogP contribution in [-0.4, -0.2) is 50.3 Å². The number of carbonyl (C=O) groups is 1. The summed E-state index contributed by atoms with van der Waals surface area (Å²) in [4.78, 5) is 17.0. The summed E-state index contributed by atoms with van der Waals surface area (Å²) in [6.07, 6.45) is 0. The van der Waals surface area contributed by atoms with Gasteiger partial charge >= 0.3 is 0 Å². The summed E-state index contributed by atoms with van der Waals surface area (Å²) < 4.78 is 12.0. The molecule has 0 saturated carbocycles. The summed E-state index contributed by atoms with van der Waals surface area (Å²) >= 11 is 0. The zero-order chi connectivity index (χ0) is 21.8. The predicted octanol–water partition coefficient (Wildman–Crippen LogP) is 2.31. The van der Waals surface area contributed by atoms with Crippen molar-refractivity contribution in [2.24, 2.45) is 0 Å². The Bertz CT molecular complexity index is 1200. The molecule has 10 heteroatoms. The van der Waals surface area contributed by atoms with Crippen LogP contribution in [0.2, 0.25) is 0 Å². The molecule has 0 fully saturated rings. The topological polar surface area (TPSA) is 120 Å². The smallest absolute Gasteiger partial charge is 0.274 e. The van der Waals surface area contributed by atoms with Crippen LogP contribution in [-0.2, 0) is 6.54 Å². The van der Waals surface area contributed by atoms with E-state index in [1.54, 1.807) is 25.8 Å². The number of H-pyrrole nitrogens is 1. The second-order valence-corrected chi connectivity index (χ2v) is 6.65. The van der Waals surface area contributed by atoms with E-state index in [2.05, 4.69) is 30.8 Å². The molecule has 0 bridgehead atoms. The Morgan fingerprint density at radius 2 is 1.87 bits per heavy atom. The van der Waals surface area contributed by atoms with E-state index in [0.29, 0.717) is 23.1 Å². The highest BCUT2D eigenvalue weighted by molar-refractivity contribution is 5.93. The Hall–Kier alpha value is -4.21. The third kappa shape index (κ3) is 4.22. The Morgan fingerprint density at radius 3 is 2.61 bits per heavy atom. The molecule has 0 aliphatic heterocycles. The van der Waals surface area contributed by atoms with E-state index in [9.17, 15) is 4.79 Å². The first-order chi connectivity index (χ1) is 15.1. The maximum absolute atomic E-state index is 12.6. The van der Waals surface area contributed by atoms with Crippen LogP contribution in [0.5, 0.6) is 11.5 Å². The molecule has 2 aromatic heterocycles. The van der Waals surface area contributed by atoms with Crippen LogP contribution in [0.15, 0.2) is 48.5 Å². The molecule has 4 aromatic rings. The summed E-state index contributed by atoms with van der Waals surface area (Å²) in [5.41, 5.74) is 2.44. The molecule has 10 nitrogen and oxygen atoms in total. The maximum atomic E-state index is 12.6. The number of amides is 1. The van der Waals surface area contributed by atoms with Crippen molar-refractivity contribution in [1.29, 1.82) is 0 Å². The minimum Gasteiger partial charge on any atom is -0.497 e. The third-order valence-electron chi connectivity index (χ3n) is 4.70. The van der Waals surface area contributed by atoms with Crippen molar-refractivity contribution in [3.05, 3.63) is 65.7 Å². The molecule has 0 aliphatic carbocycles. The van der Waals surface area contributed by atoms with Gasteiger partial charge in [-0.05, 0) is 43.3 Å². The lowest BCUT2D eigenvalue weighted by Gasteiger charge is -2.06. The monoisotopic (exact) mass is 419 g/mol. The van der Waals surface area contributed by atoms with Crippen LogP contribution in [0.1, 0.15) is 22.0 Å². The number of hydrogen-bond donors (Lipinski definition) is 2. The van der Waals surface area contributed by atoms with Crippen LogP contribution in [0.3, 0.4) is 0 Å². The predicted molar refractivity (Wildman–Crippen MR) is 112 cm³/mol. The van der Waals surface area contributed by atoms with Gasteiger partial charge in [-0.1, -0.05) is 11.3 Å². The standard InChI is InChI=1S/C21H21N7O3/c1-13-19(25-27-28(13)15-5-4-6-17(11-15)31-3)21(29)22-12-18-23-20(26-24-18)14-7-9-16(30-2)10-8-14/h4-11H,12H2,1-3H3,(H,22,29)(H,23,24,26). The van der Waals surface area contributed by atoms with Gasteiger partial charge in [0.25, 0.3) is 5.91 Å². The van der Waals surface area contributed by atoms with Gasteiger partial charge in [-0.2, -0.15) is 5.10 Å². The van der Waals surface area contributed by atoms with E-state index >= 15 is 0 Å². The zero-order valence-electron chi connectivity index (χ0n) is 17.3. The average molecular weight is 419 g/mol. The van der Waals surface area contributed by atoms with Crippen LogP contribution < -0.4 is 14.8 Å². The summed E-state index contributed by atoms with van der Waals surface area (Å²) in [7, 11) is 3.20. The van der Waals surface area contributed by atoms with E-state index in [1.807, 2.05) is 48.5 Å². The summed E-state index contributed by atoms with van der Waals surface area (Å²) in [5.74, 6) is 2.15. The fraction of sp³-hybridized carbons (Fsp3) is 0.190. The summed E-state index contributed by atoms with van der Waals surface area (Å²) in [6, 6.07) is 14.8. The molecule has 0 unspecified atom stereocenters. The van der Waals surface area contributed by atoms with E-state index in [4.69, 9.17) is 9.47 Å². The van der Waals surface area contributed by atoms with E-state index in [1.165, 1.54) is 0 Å². The number of nitrogens with one attached hydrogen (secondary N) is 2. The number of benzene rings is 2. The fourth-order valence-corrected chi connectivity index (χ4v) is 3.02. The molecule has 31 heavy (non-hydrogen) atoms. The van der Waals surface area contributed by atoms with Gasteiger partial charge in [0.1, 0.15) is 17.3 Å². The van der Waals surface area contributed by atoms with Gasteiger partial charge in [-0.15, -0.1) is 5.10 Å². The second kappa shape index (κ2) is 8.66. The van der Waals surface area contributed by atoms with Crippen molar-refractivity contribution in [2.75, 3.05) is 14.2 Å². The second-order valence-electron chi connectivity index (χ2n) is 6.65. The van der Waals surface area contributed by atoms with Crippen molar-refractivity contribution < 1.29 is 14.3 Å². The Balaban J connectivity index is 1.43. The first-order valence-corrected chi connectivity index (χ1v) is 9.49. The average Bonchev–Trinajstić information content (AvgIpc) is 3.44. The SMILES string of the molecule is COc1ccc(-c2n[nH]c(CNC(=O)c3nnn(-c4cccc(OC)c4)c3C)n2)cc1. The Morgan fingerprint density at radius 1 is 1.10 bits per heavy atom. The molecule has 158 valence electrons. The molecular weight excluding hydrogens is 398 g/mol. The molecule has 0 aliphatic rings. The van der Waals surface area contributed by atoms with Gasteiger partial charge in [-0.25, -0.2) is 9.67 Å². The molecule has 0 atom stereocenters. The van der Waals surface area contributed by atoms with Crippen molar-refractivity contribution in [2.45, 2.75) is 13.5 Å². The molecule has 1 amide bonds. The number of aromatic amines is 1. The lowest BCUT2D eigenvalue weighted by Crippen LogP contribution is -2.24. The van der Waals surface area contributed by atoms with Crippen LogP contribution in [0.4, 0.5) is 0 Å². The summed E-state index contributed by atoms with van der Waals surface area (Å²) in [6.45, 7) is 1.96. The van der Waals surface area contributed by atoms with Gasteiger partial charge in [0.15, 0.2) is 11.5 Å². The number of methoxy groups -OCH3 is 2. The summed E-state index contributed by atoms with van der Waals surface area (Å²) in [5, 5.41) is 18.0. The Labute approximate surface area is 178 Å². The van der Waals surface area contributed by atoms with Gasteiger partial charge in [-0.3, -0.25) is 9.89 Å². The van der Waals surface area contributed by atoms with Crippen molar-refractivity contribution in [1.82, 2.24) is 35.5 Å². The maximum Gasteiger partial charge on any atom is 0.274 e. The van der Waals surface area contributed by atoms with E-state index in [-0.39, 0.29) is 18.1 Å². The molecule has 0 spiro atoms. The molecule has 2 aromatic carbocycles. The quantitative estimate of drug-likeness (QED) is 0.472. The first-order valence-electron chi connectivity index (χ1n) is 9.49. The normalized spacial score (nSPS) is 10.7. The highest BCUT2D eigenvalue weighted by Crippen LogP contribution is 2.20. The fourth-order valence-electron chi connectivity index (χ4n) is 3.02. The van der Waals surface area contributed by atoms with Gasteiger partial charge in [0, 0.05) is 11.6 Å². The van der Waals surface area contributed by atoms with Crippen LogP contribution >= 0.6 is 0 Å². The number of ether oxygens (including phenoxy) is 2. The number of carbonyl (C=O) groups excluding carboxylic acids is 1. The number of hydrogen-bond acceptors (Lipinski definition) is 7. The molecule has 4 rings (SSSR count). The third-order valence-corrected chi connectivity index (χ3v) is 4.70. The van der Waals surface area contributed by atoms with Gasteiger partial charge < -0.3 is 14.8 Å². The van der Waals surface area contributed by atoms with Crippen molar-refractivity contribution >= 4 is 5.91 Å². The Kier molecular flexibility index (Phi) is 5.61. The van der Waals surface area contributed by atoms with Crippen molar-refractivity contribution in [3.63, 3.8) is 0 Å². The largest absolute Gasteiger partial charge is 0.497 e. The molecule has 0 saturated heterocycles. The number of rotatable bonds is 7. The zero-order valence-corrected chi connectivity index (χ0v) is 17.3. The van der Waals surface area contributed by atoms with Gasteiger partial charge in [0.2, 0.25) is 0 Å². The van der Waals surface area contributed by atoms with Crippen LogP contribution in [0.25, 0.3) is 17.1 Å². The first kappa shape index (κ1) is 20.1. The minimum atomic E-state index is -0.353. The minimum absolute atomic E-state index is 0.174. The van der Waals surface area contributed by atoms with E-state index < -0.39 is 0 Å². The lowest BCUT2D eigenvalue weighted by molar-refractivity contribution is 0.0944. The lowest BCUT2D eigenvalue weighted by atomic mass is 10.2. The highest BCUT2D eigenvalue weighted by Gasteiger charge is 2.18. The highest BCUT2D eigenvalue weighted by atomic mass is 16.5. The van der Waals surface area contributed by atoms with E-state index in [0.717, 1.165) is 17.0 Å². The molecule has 2 heterocycles. The molecule has 0 radical (unpaired) electrons. The van der Waals surface area contributed by atoms with Crippen molar-refractivity contribution in [3.8, 4) is 28.6 Å². The number of aromatic nitrogens is 6. The molecule has 2 N–H and O–H groups in total. The molecular formula is C21H21N7O3.